The summed E-state index contributed by atoms with van der Waals surface area (Å²) in [6, 6.07) is 14.3. The van der Waals surface area contributed by atoms with Gasteiger partial charge in [0.15, 0.2) is 0 Å². The molecular formula is C21H24N4O2. The number of anilines is 2. The third-order valence-corrected chi connectivity index (χ3v) is 5.10. The zero-order valence-corrected chi connectivity index (χ0v) is 15.8. The van der Waals surface area contributed by atoms with Crippen LogP contribution in [0.4, 0.5) is 11.4 Å². The molecule has 6 nitrogen and oxygen atoms in total. The SMILES string of the molecule is COc1cccc(CN2C(c3ccc4c(c3)NC(=O)C(C)N4)=NCC2C)c1. The normalized spacial score (nSPS) is 21.2. The van der Waals surface area contributed by atoms with Crippen LogP contribution in [0.1, 0.15) is 25.0 Å². The van der Waals surface area contributed by atoms with Crippen LogP contribution in [0, 0.1) is 0 Å². The van der Waals surface area contributed by atoms with E-state index in [2.05, 4.69) is 40.7 Å². The van der Waals surface area contributed by atoms with E-state index >= 15 is 0 Å². The van der Waals surface area contributed by atoms with Gasteiger partial charge in [-0.15, -0.1) is 0 Å². The summed E-state index contributed by atoms with van der Waals surface area (Å²) in [7, 11) is 1.68. The van der Waals surface area contributed by atoms with E-state index in [1.807, 2.05) is 31.2 Å². The number of hydrogen-bond acceptors (Lipinski definition) is 5. The number of amidine groups is 1. The number of methoxy groups -OCH3 is 1. The Kier molecular flexibility index (Phi) is 4.48. The molecule has 2 N–H and O–H groups in total. The standard InChI is InChI=1S/C21H24N4O2/c1-13-11-22-20(25(13)12-15-5-4-6-17(9-15)27-3)16-7-8-18-19(10-16)24-21(26)14(2)23-18/h4-10,13-14,23H,11-12H2,1-3H3,(H,24,26). The van der Waals surface area contributed by atoms with Gasteiger partial charge >= 0.3 is 0 Å². The van der Waals surface area contributed by atoms with Crippen molar-refractivity contribution in [1.82, 2.24) is 4.90 Å². The molecule has 0 radical (unpaired) electrons. The number of fused-ring (bicyclic) bond motifs is 1. The molecule has 27 heavy (non-hydrogen) atoms. The molecule has 0 aromatic heterocycles. The van der Waals surface area contributed by atoms with E-state index in [9.17, 15) is 4.79 Å². The molecule has 0 bridgehead atoms. The molecule has 2 aromatic carbocycles. The predicted octanol–water partition coefficient (Wildman–Crippen LogP) is 3.10. The second-order valence-corrected chi connectivity index (χ2v) is 7.11. The van der Waals surface area contributed by atoms with E-state index in [1.54, 1.807) is 7.11 Å². The molecule has 0 fully saturated rings. The average molecular weight is 364 g/mol. The number of benzene rings is 2. The summed E-state index contributed by atoms with van der Waals surface area (Å²) in [4.78, 5) is 19.1. The van der Waals surface area contributed by atoms with Crippen molar-refractivity contribution in [3.63, 3.8) is 0 Å². The van der Waals surface area contributed by atoms with E-state index < -0.39 is 0 Å². The van der Waals surface area contributed by atoms with Crippen molar-refractivity contribution in [2.24, 2.45) is 4.99 Å². The van der Waals surface area contributed by atoms with Gasteiger partial charge < -0.3 is 20.3 Å². The van der Waals surface area contributed by atoms with Crippen molar-refractivity contribution in [1.29, 1.82) is 0 Å². The first-order chi connectivity index (χ1) is 13.0. The van der Waals surface area contributed by atoms with Crippen molar-refractivity contribution < 1.29 is 9.53 Å². The van der Waals surface area contributed by atoms with Crippen LogP contribution >= 0.6 is 0 Å². The van der Waals surface area contributed by atoms with Crippen molar-refractivity contribution >= 4 is 23.1 Å². The summed E-state index contributed by atoms with van der Waals surface area (Å²) in [5.41, 5.74) is 3.94. The number of carbonyl (C=O) groups is 1. The third-order valence-electron chi connectivity index (χ3n) is 5.10. The number of nitrogens with zero attached hydrogens (tertiary/aromatic N) is 2. The van der Waals surface area contributed by atoms with Crippen LogP contribution in [0.3, 0.4) is 0 Å². The van der Waals surface area contributed by atoms with Gasteiger partial charge in [0.05, 0.1) is 25.0 Å². The summed E-state index contributed by atoms with van der Waals surface area (Å²) >= 11 is 0. The lowest BCUT2D eigenvalue weighted by Gasteiger charge is -2.28. The van der Waals surface area contributed by atoms with Crippen LogP contribution in [0.15, 0.2) is 47.5 Å². The molecular weight excluding hydrogens is 340 g/mol. The second kappa shape index (κ2) is 6.95. The Morgan fingerprint density at radius 1 is 1.19 bits per heavy atom. The first-order valence-corrected chi connectivity index (χ1v) is 9.21. The molecule has 0 spiro atoms. The van der Waals surface area contributed by atoms with Gasteiger partial charge in [0.1, 0.15) is 17.6 Å². The Labute approximate surface area is 159 Å². The molecule has 0 saturated carbocycles. The maximum atomic E-state index is 12.0. The van der Waals surface area contributed by atoms with E-state index in [0.717, 1.165) is 41.6 Å². The van der Waals surface area contributed by atoms with Crippen LogP contribution in [-0.2, 0) is 11.3 Å². The predicted molar refractivity (Wildman–Crippen MR) is 108 cm³/mol. The Morgan fingerprint density at radius 3 is 2.85 bits per heavy atom. The lowest BCUT2D eigenvalue weighted by Crippen LogP contribution is -2.37. The monoisotopic (exact) mass is 364 g/mol. The van der Waals surface area contributed by atoms with Crippen LogP contribution in [0.5, 0.6) is 5.75 Å². The van der Waals surface area contributed by atoms with Gasteiger partial charge in [-0.3, -0.25) is 9.79 Å². The van der Waals surface area contributed by atoms with E-state index in [0.29, 0.717) is 6.04 Å². The maximum absolute atomic E-state index is 12.0. The molecule has 2 aromatic rings. The summed E-state index contributed by atoms with van der Waals surface area (Å²) in [6.45, 7) is 5.55. The minimum atomic E-state index is -0.225. The van der Waals surface area contributed by atoms with Gasteiger partial charge in [-0.05, 0) is 49.7 Å². The lowest BCUT2D eigenvalue weighted by atomic mass is 10.1. The number of hydrogen-bond donors (Lipinski definition) is 2. The van der Waals surface area contributed by atoms with Gasteiger partial charge in [0.25, 0.3) is 0 Å². The van der Waals surface area contributed by atoms with E-state index in [-0.39, 0.29) is 11.9 Å². The Balaban J connectivity index is 1.61. The van der Waals surface area contributed by atoms with Gasteiger partial charge in [0.2, 0.25) is 5.91 Å². The maximum Gasteiger partial charge on any atom is 0.246 e. The molecule has 4 rings (SSSR count). The fourth-order valence-electron chi connectivity index (χ4n) is 3.52. The summed E-state index contributed by atoms with van der Waals surface area (Å²) in [5.74, 6) is 1.80. The first kappa shape index (κ1) is 17.4. The van der Waals surface area contributed by atoms with Gasteiger partial charge in [-0.25, -0.2) is 0 Å². The highest BCUT2D eigenvalue weighted by Crippen LogP contribution is 2.30. The number of carbonyl (C=O) groups excluding carboxylic acids is 1. The minimum absolute atomic E-state index is 0.0189. The minimum Gasteiger partial charge on any atom is -0.497 e. The van der Waals surface area contributed by atoms with Crippen LogP contribution in [0.2, 0.25) is 0 Å². The molecule has 2 atom stereocenters. The molecule has 0 saturated heterocycles. The molecule has 2 aliphatic rings. The molecule has 2 unspecified atom stereocenters. The van der Waals surface area contributed by atoms with Crippen LogP contribution < -0.4 is 15.4 Å². The molecule has 140 valence electrons. The number of aliphatic imine (C=N–C) groups is 1. The molecule has 2 aliphatic heterocycles. The largest absolute Gasteiger partial charge is 0.497 e. The number of amides is 1. The van der Waals surface area contributed by atoms with Crippen molar-refractivity contribution in [2.75, 3.05) is 24.3 Å². The highest BCUT2D eigenvalue weighted by Gasteiger charge is 2.27. The zero-order valence-electron chi connectivity index (χ0n) is 15.8. The molecule has 6 heteroatoms. The van der Waals surface area contributed by atoms with Crippen LogP contribution in [0.25, 0.3) is 0 Å². The molecule has 2 heterocycles. The van der Waals surface area contributed by atoms with E-state index in [1.165, 1.54) is 5.56 Å². The second-order valence-electron chi connectivity index (χ2n) is 7.11. The highest BCUT2D eigenvalue weighted by atomic mass is 16.5. The fourth-order valence-corrected chi connectivity index (χ4v) is 3.52. The first-order valence-electron chi connectivity index (χ1n) is 9.21. The Morgan fingerprint density at radius 2 is 2.04 bits per heavy atom. The lowest BCUT2D eigenvalue weighted by molar-refractivity contribution is -0.116. The third kappa shape index (κ3) is 3.35. The van der Waals surface area contributed by atoms with Gasteiger partial charge in [-0.2, -0.15) is 0 Å². The number of ether oxygens (including phenoxy) is 1. The average Bonchev–Trinajstić information content (AvgIpc) is 3.03. The zero-order chi connectivity index (χ0) is 19.0. The van der Waals surface area contributed by atoms with E-state index in [4.69, 9.17) is 9.73 Å². The molecule has 1 amide bonds. The Hall–Kier alpha value is -3.02. The van der Waals surface area contributed by atoms with Crippen molar-refractivity contribution in [2.45, 2.75) is 32.5 Å². The summed E-state index contributed by atoms with van der Waals surface area (Å²) in [5, 5.41) is 6.19. The summed E-state index contributed by atoms with van der Waals surface area (Å²) < 4.78 is 5.34. The number of nitrogens with one attached hydrogen (secondary N) is 2. The van der Waals surface area contributed by atoms with Crippen molar-refractivity contribution in [3.8, 4) is 5.75 Å². The topological polar surface area (TPSA) is 66.0 Å². The fraction of sp³-hybridized carbons (Fsp3) is 0.333. The van der Waals surface area contributed by atoms with Crippen LogP contribution in [-0.4, -0.2) is 42.4 Å². The van der Waals surface area contributed by atoms with Gasteiger partial charge in [-0.1, -0.05) is 12.1 Å². The highest BCUT2D eigenvalue weighted by molar-refractivity contribution is 6.06. The quantitative estimate of drug-likeness (QED) is 0.875. The van der Waals surface area contributed by atoms with Gasteiger partial charge in [0, 0.05) is 18.2 Å². The number of rotatable bonds is 4. The summed E-state index contributed by atoms with van der Waals surface area (Å²) in [6.07, 6.45) is 0. The van der Waals surface area contributed by atoms with Crippen molar-refractivity contribution in [3.05, 3.63) is 53.6 Å². The smallest absolute Gasteiger partial charge is 0.246 e. The molecule has 0 aliphatic carbocycles. The Bertz CT molecular complexity index is 909.